The van der Waals surface area contributed by atoms with Crippen molar-refractivity contribution in [3.05, 3.63) is 71.7 Å². The highest BCUT2D eigenvalue weighted by molar-refractivity contribution is 5.95. The van der Waals surface area contributed by atoms with E-state index in [1.807, 2.05) is 43.3 Å². The monoisotopic (exact) mass is 489 g/mol. The van der Waals surface area contributed by atoms with Gasteiger partial charge in [-0.2, -0.15) is 0 Å². The number of carbonyl (C=O) groups is 1. The predicted molar refractivity (Wildman–Crippen MR) is 134 cm³/mol. The quantitative estimate of drug-likeness (QED) is 0.358. The van der Waals surface area contributed by atoms with Crippen molar-refractivity contribution in [2.24, 2.45) is 0 Å². The molecule has 0 atom stereocenters. The Labute approximate surface area is 208 Å². The first kappa shape index (κ1) is 23.3. The summed E-state index contributed by atoms with van der Waals surface area (Å²) in [5.74, 6) is 3.71. The largest absolute Gasteiger partial charge is 0.496 e. The average Bonchev–Trinajstić information content (AvgIpc) is 3.58. The van der Waals surface area contributed by atoms with Gasteiger partial charge in [-0.05, 0) is 48.5 Å². The summed E-state index contributed by atoms with van der Waals surface area (Å²) in [5.41, 5.74) is 2.02. The topological polar surface area (TPSA) is 86.5 Å². The standard InChI is InChI=1S/C27H27N3O6/c1-29(2)26-18(12-20-21(32-3)9-10-23(33-4)25(20)28-26)14-30(15-19-6-5-11-34-19)27(31)17-7-8-22-24(13-17)36-16-35-22/h5-13H,14-16H2,1-4H3. The first-order chi connectivity index (χ1) is 17.5. The molecule has 1 amide bonds. The Morgan fingerprint density at radius 1 is 0.972 bits per heavy atom. The third kappa shape index (κ3) is 4.35. The number of benzene rings is 2. The number of furan rings is 1. The summed E-state index contributed by atoms with van der Waals surface area (Å²) in [7, 11) is 7.07. The van der Waals surface area contributed by atoms with Crippen LogP contribution in [-0.4, -0.2) is 50.9 Å². The SMILES string of the molecule is COc1ccc(OC)c2nc(N(C)C)c(CN(Cc3ccco3)C(=O)c3ccc4c(c3)OCO4)cc12. The third-order valence-electron chi connectivity index (χ3n) is 6.02. The van der Waals surface area contributed by atoms with Crippen molar-refractivity contribution >= 4 is 22.6 Å². The second-order valence-electron chi connectivity index (χ2n) is 8.54. The fourth-order valence-electron chi connectivity index (χ4n) is 4.30. The van der Waals surface area contributed by atoms with Crippen LogP contribution in [-0.2, 0) is 13.1 Å². The molecule has 186 valence electrons. The van der Waals surface area contributed by atoms with Crippen LogP contribution in [0.5, 0.6) is 23.0 Å². The molecule has 0 unspecified atom stereocenters. The van der Waals surface area contributed by atoms with E-state index in [0.717, 1.165) is 16.8 Å². The minimum atomic E-state index is -0.174. The minimum Gasteiger partial charge on any atom is -0.496 e. The van der Waals surface area contributed by atoms with Crippen LogP contribution in [0.4, 0.5) is 5.82 Å². The number of nitrogens with zero attached hydrogens (tertiary/aromatic N) is 3. The molecule has 2 aromatic carbocycles. The summed E-state index contributed by atoms with van der Waals surface area (Å²) >= 11 is 0. The molecule has 0 aliphatic carbocycles. The van der Waals surface area contributed by atoms with E-state index in [1.165, 1.54) is 0 Å². The lowest BCUT2D eigenvalue weighted by Gasteiger charge is -2.25. The Bertz CT molecular complexity index is 1400. The van der Waals surface area contributed by atoms with Gasteiger partial charge < -0.3 is 33.2 Å². The number of methoxy groups -OCH3 is 2. The van der Waals surface area contributed by atoms with Crippen molar-refractivity contribution in [3.8, 4) is 23.0 Å². The van der Waals surface area contributed by atoms with Crippen molar-refractivity contribution in [1.29, 1.82) is 0 Å². The Kier molecular flexibility index (Phi) is 6.28. The van der Waals surface area contributed by atoms with Gasteiger partial charge >= 0.3 is 0 Å². The summed E-state index contributed by atoms with van der Waals surface area (Å²) in [6.45, 7) is 0.703. The van der Waals surface area contributed by atoms with Crippen LogP contribution in [0.2, 0.25) is 0 Å². The Balaban J connectivity index is 1.58. The lowest BCUT2D eigenvalue weighted by Crippen LogP contribution is -2.31. The van der Waals surface area contributed by atoms with Crippen molar-refractivity contribution in [2.75, 3.05) is 40.0 Å². The molecule has 0 saturated carbocycles. The molecule has 1 aliphatic heterocycles. The zero-order chi connectivity index (χ0) is 25.2. The number of pyridine rings is 1. The molecule has 0 saturated heterocycles. The molecule has 2 aromatic heterocycles. The van der Waals surface area contributed by atoms with Gasteiger partial charge in [0, 0.05) is 30.6 Å². The van der Waals surface area contributed by atoms with E-state index < -0.39 is 0 Å². The number of ether oxygens (including phenoxy) is 4. The van der Waals surface area contributed by atoms with Crippen molar-refractivity contribution in [3.63, 3.8) is 0 Å². The Hall–Kier alpha value is -4.40. The maximum absolute atomic E-state index is 13.8. The van der Waals surface area contributed by atoms with Gasteiger partial charge in [-0.15, -0.1) is 0 Å². The molecule has 5 rings (SSSR count). The van der Waals surface area contributed by atoms with E-state index in [2.05, 4.69) is 0 Å². The Morgan fingerprint density at radius 3 is 2.47 bits per heavy atom. The van der Waals surface area contributed by atoms with Crippen LogP contribution in [0.1, 0.15) is 21.7 Å². The fourth-order valence-corrected chi connectivity index (χ4v) is 4.30. The van der Waals surface area contributed by atoms with Gasteiger partial charge in [0.25, 0.3) is 5.91 Å². The first-order valence-electron chi connectivity index (χ1n) is 11.4. The number of amides is 1. The molecule has 1 aliphatic rings. The lowest BCUT2D eigenvalue weighted by molar-refractivity contribution is 0.0717. The van der Waals surface area contributed by atoms with Crippen LogP contribution in [0.25, 0.3) is 10.9 Å². The molecular formula is C27H27N3O6. The van der Waals surface area contributed by atoms with Crippen LogP contribution >= 0.6 is 0 Å². The molecule has 0 N–H and O–H groups in total. The Morgan fingerprint density at radius 2 is 1.75 bits per heavy atom. The highest BCUT2D eigenvalue weighted by Gasteiger charge is 2.24. The van der Waals surface area contributed by atoms with Crippen molar-refractivity contribution in [2.45, 2.75) is 13.1 Å². The molecule has 0 radical (unpaired) electrons. The number of aromatic nitrogens is 1. The zero-order valence-corrected chi connectivity index (χ0v) is 20.6. The fraction of sp³-hybridized carbons (Fsp3) is 0.259. The number of anilines is 1. The van der Waals surface area contributed by atoms with E-state index in [-0.39, 0.29) is 25.8 Å². The van der Waals surface area contributed by atoms with E-state index in [9.17, 15) is 4.79 Å². The third-order valence-corrected chi connectivity index (χ3v) is 6.02. The van der Waals surface area contributed by atoms with Gasteiger partial charge in [0.1, 0.15) is 28.6 Å². The smallest absolute Gasteiger partial charge is 0.254 e. The van der Waals surface area contributed by atoms with Crippen molar-refractivity contribution in [1.82, 2.24) is 9.88 Å². The van der Waals surface area contributed by atoms with E-state index in [4.69, 9.17) is 28.3 Å². The van der Waals surface area contributed by atoms with Crippen LogP contribution < -0.4 is 23.8 Å². The number of hydrogen-bond acceptors (Lipinski definition) is 8. The number of hydrogen-bond donors (Lipinski definition) is 0. The van der Waals surface area contributed by atoms with Gasteiger partial charge in [0.15, 0.2) is 11.5 Å². The molecule has 0 bridgehead atoms. The van der Waals surface area contributed by atoms with E-state index in [1.54, 1.807) is 49.6 Å². The van der Waals surface area contributed by atoms with Gasteiger partial charge in [-0.25, -0.2) is 4.98 Å². The normalized spacial score (nSPS) is 12.0. The molecule has 9 nitrogen and oxygen atoms in total. The molecule has 9 heteroatoms. The maximum Gasteiger partial charge on any atom is 0.254 e. The van der Waals surface area contributed by atoms with E-state index in [0.29, 0.717) is 39.8 Å². The number of rotatable bonds is 8. The highest BCUT2D eigenvalue weighted by Crippen LogP contribution is 2.36. The van der Waals surface area contributed by atoms with Crippen molar-refractivity contribution < 1.29 is 28.2 Å². The predicted octanol–water partition coefficient (Wildman–Crippen LogP) is 4.48. The first-order valence-corrected chi connectivity index (χ1v) is 11.4. The molecule has 0 spiro atoms. The van der Waals surface area contributed by atoms with E-state index >= 15 is 0 Å². The summed E-state index contributed by atoms with van der Waals surface area (Å²) in [6, 6.07) is 14.5. The summed E-state index contributed by atoms with van der Waals surface area (Å²) in [5, 5.41) is 0.797. The molecule has 3 heterocycles. The maximum atomic E-state index is 13.8. The van der Waals surface area contributed by atoms with Gasteiger partial charge in [0.2, 0.25) is 6.79 Å². The van der Waals surface area contributed by atoms with Crippen LogP contribution in [0.3, 0.4) is 0 Å². The lowest BCUT2D eigenvalue weighted by atomic mass is 10.1. The second kappa shape index (κ2) is 9.69. The summed E-state index contributed by atoms with van der Waals surface area (Å²) in [6.07, 6.45) is 1.60. The molecule has 36 heavy (non-hydrogen) atoms. The number of fused-ring (bicyclic) bond motifs is 2. The molecule has 0 fully saturated rings. The van der Waals surface area contributed by atoms with Gasteiger partial charge in [-0.3, -0.25) is 4.79 Å². The minimum absolute atomic E-state index is 0.142. The van der Waals surface area contributed by atoms with Crippen LogP contribution in [0, 0.1) is 0 Å². The zero-order valence-electron chi connectivity index (χ0n) is 20.6. The van der Waals surface area contributed by atoms with Gasteiger partial charge in [-0.1, -0.05) is 0 Å². The number of carbonyl (C=O) groups excluding carboxylic acids is 1. The summed E-state index contributed by atoms with van der Waals surface area (Å²) < 4.78 is 27.6. The average molecular weight is 490 g/mol. The summed E-state index contributed by atoms with van der Waals surface area (Å²) in [4.78, 5) is 22.3. The second-order valence-corrected chi connectivity index (χ2v) is 8.54. The van der Waals surface area contributed by atoms with Gasteiger partial charge in [0.05, 0.1) is 33.6 Å². The van der Waals surface area contributed by atoms with Crippen LogP contribution in [0.15, 0.2) is 59.2 Å². The molecular weight excluding hydrogens is 462 g/mol. The highest BCUT2D eigenvalue weighted by atomic mass is 16.7. The molecule has 4 aromatic rings.